The molecule has 1 unspecified atom stereocenters. The first-order valence-corrected chi connectivity index (χ1v) is 0. The van der Waals surface area contributed by atoms with Crippen molar-refractivity contribution in [3.8, 4) is 0 Å². The predicted octanol–water partition coefficient (Wildman–Crippen LogP) is 0.325. The molecule has 0 rings (SSSR count). The molecule has 0 heterocycles. The van der Waals surface area contributed by atoms with Crippen molar-refractivity contribution in [2.45, 2.75) is 0 Å². The maximum atomic E-state index is 0. The van der Waals surface area contributed by atoms with Gasteiger partial charge >= 0.3 is 29.6 Å². The van der Waals surface area contributed by atoms with Crippen molar-refractivity contribution in [2.75, 3.05) is 0 Å². The number of halogens is 6. The second-order valence-electron chi connectivity index (χ2n) is 0. The van der Waals surface area contributed by atoms with Gasteiger partial charge in [-0.15, -0.1) is 0 Å². The van der Waals surface area contributed by atoms with E-state index in [1.54, 1.807) is 0 Å². The van der Waals surface area contributed by atoms with Gasteiger partial charge in [0.1, 0.15) is 0 Å². The van der Waals surface area contributed by atoms with Gasteiger partial charge in [0.2, 0.25) is 0 Å². The number of rotatable bonds is 0. The van der Waals surface area contributed by atoms with Crippen molar-refractivity contribution in [3.63, 3.8) is 0 Å². The summed E-state index contributed by atoms with van der Waals surface area (Å²) in [5, 5.41) is 0. The Kier molecular flexibility index (Phi) is 27300. The molecule has 0 aliphatic heterocycles. The molecule has 1 atom stereocenters. The van der Waals surface area contributed by atoms with Crippen LogP contribution in [0.2, 0.25) is 0 Å². The van der Waals surface area contributed by atoms with Gasteiger partial charge in [0.15, 0.2) is 0 Å². The molecule has 0 saturated heterocycles. The van der Waals surface area contributed by atoms with Gasteiger partial charge in [-0.05, 0) is 0 Å². The molecule has 0 radical (unpaired) electrons. The molecule has 0 bridgehead atoms. The summed E-state index contributed by atoms with van der Waals surface area (Å²) >= 11 is 0. The van der Waals surface area contributed by atoms with E-state index >= 15 is 0 Å². The van der Waals surface area contributed by atoms with Crippen LogP contribution in [-0.4, -0.2) is 29.6 Å². The average molecular weight is 178 g/mol. The molecule has 0 fully saturated rings. The predicted molar refractivity (Wildman–Crippen MR) is 33.3 cm³/mol. The summed E-state index contributed by atoms with van der Waals surface area (Å²) in [4.78, 5) is 0. The minimum atomic E-state index is 0. The van der Waals surface area contributed by atoms with Crippen LogP contribution in [0.1, 0.15) is 0 Å². The molecule has 0 nitrogen and oxygen atoms in total. The van der Waals surface area contributed by atoms with Gasteiger partial charge in [-0.2, -0.15) is 9.90 Å². The van der Waals surface area contributed by atoms with Gasteiger partial charge < -0.3 is 0 Å². The first-order chi connectivity index (χ1) is 0. The Balaban J connectivity index is 0. The summed E-state index contributed by atoms with van der Waals surface area (Å²) in [7, 11) is 0. The van der Waals surface area contributed by atoms with E-state index in [2.05, 4.69) is 0 Å². The summed E-state index contributed by atoms with van der Waals surface area (Å²) in [5.74, 6) is 0. The van der Waals surface area contributed by atoms with E-state index in [9.17, 15) is 0 Å². The Morgan fingerprint density at radius 3 is 0.375 bits per heavy atom. The Labute approximate surface area is 67.9 Å². The monoisotopic (exact) mass is 178 g/mol. The van der Waals surface area contributed by atoms with Crippen LogP contribution in [0, 0.1) is 0 Å². The molecule has 0 N–H and O–H groups in total. The zero-order valence-electron chi connectivity index (χ0n) is 3.16. The van der Waals surface area contributed by atoms with Crippen molar-refractivity contribution in [1.29, 1.82) is 0 Å². The molecule has 58 valence electrons. The van der Waals surface area contributed by atoms with Gasteiger partial charge in [-0.25, -0.2) is 0 Å². The molecule has 0 amide bonds. The number of hydrogen-bond acceptors (Lipinski definition) is 0. The molecule has 0 aromatic carbocycles. The Hall–Kier alpha value is 1.01. The first kappa shape index (κ1) is 567. The third-order valence-corrected chi connectivity index (χ3v) is 0. The minimum absolute atomic E-state index is 0. The van der Waals surface area contributed by atoms with Crippen molar-refractivity contribution >= 4 is 39.5 Å². The maximum absolute atomic E-state index is 0. The SMILES string of the molecule is F.F.F.F.F.F.P.[NaH]. The molecular formula is H10F6NaP. The molecule has 0 aliphatic rings. The first-order valence-electron chi connectivity index (χ1n) is 0. The zero-order chi connectivity index (χ0) is 0. The van der Waals surface area contributed by atoms with Crippen molar-refractivity contribution in [1.82, 2.24) is 0 Å². The molecule has 0 aliphatic carbocycles. The summed E-state index contributed by atoms with van der Waals surface area (Å²) in [6, 6.07) is 0. The quantitative estimate of drug-likeness (QED) is 0.285. The van der Waals surface area contributed by atoms with Gasteiger partial charge in [-0.1, -0.05) is 0 Å². The van der Waals surface area contributed by atoms with Crippen molar-refractivity contribution in [2.24, 2.45) is 0 Å². The summed E-state index contributed by atoms with van der Waals surface area (Å²) in [6.07, 6.45) is 0. The Morgan fingerprint density at radius 1 is 0.375 bits per heavy atom. The third-order valence-electron chi connectivity index (χ3n) is 0. The second kappa shape index (κ2) is 386. The Morgan fingerprint density at radius 2 is 0.375 bits per heavy atom. The van der Waals surface area contributed by atoms with Crippen LogP contribution in [-0.2, 0) is 0 Å². The standard InChI is InChI=1S/6FH.Na.H3P.H/h6*1H;;1H3;. The summed E-state index contributed by atoms with van der Waals surface area (Å²) < 4.78 is 0. The van der Waals surface area contributed by atoms with E-state index in [0.717, 1.165) is 0 Å². The normalized spacial score (nSPS) is 0. The van der Waals surface area contributed by atoms with E-state index in [1.165, 1.54) is 0 Å². The summed E-state index contributed by atoms with van der Waals surface area (Å²) in [5.41, 5.74) is 0. The van der Waals surface area contributed by atoms with Crippen LogP contribution < -0.4 is 0 Å². The van der Waals surface area contributed by atoms with Crippen LogP contribution >= 0.6 is 9.90 Å². The Bertz CT molecular complexity index is 8.49. The molecule has 8 heteroatoms. The molecule has 0 aromatic heterocycles. The van der Waals surface area contributed by atoms with Gasteiger partial charge in [0.05, 0.1) is 0 Å². The summed E-state index contributed by atoms with van der Waals surface area (Å²) in [6.45, 7) is 0. The van der Waals surface area contributed by atoms with Crippen LogP contribution in [0.15, 0.2) is 0 Å². The van der Waals surface area contributed by atoms with E-state index in [0.29, 0.717) is 0 Å². The van der Waals surface area contributed by atoms with E-state index in [4.69, 9.17) is 0 Å². The third kappa shape index (κ3) is 248. The van der Waals surface area contributed by atoms with E-state index in [-0.39, 0.29) is 67.7 Å². The van der Waals surface area contributed by atoms with Gasteiger partial charge in [-0.3, -0.25) is 28.2 Å². The average Bonchev–Trinajstić information content (AvgIpc) is 0. The molecule has 0 aromatic rings. The molecule has 0 saturated carbocycles. The van der Waals surface area contributed by atoms with Crippen LogP contribution in [0.4, 0.5) is 28.2 Å². The van der Waals surface area contributed by atoms with Crippen molar-refractivity contribution < 1.29 is 28.2 Å². The van der Waals surface area contributed by atoms with Crippen molar-refractivity contribution in [3.05, 3.63) is 0 Å². The van der Waals surface area contributed by atoms with Gasteiger partial charge in [0.25, 0.3) is 0 Å². The molecular weight excluding hydrogens is 168 g/mol. The second-order valence-corrected chi connectivity index (χ2v) is 0. The fourth-order valence-corrected chi connectivity index (χ4v) is 0. The topological polar surface area (TPSA) is 0 Å². The van der Waals surface area contributed by atoms with E-state index < -0.39 is 0 Å². The number of hydrogen-bond donors (Lipinski definition) is 0. The van der Waals surface area contributed by atoms with Crippen LogP contribution in [0.3, 0.4) is 0 Å². The molecule has 8 heavy (non-hydrogen) atoms. The van der Waals surface area contributed by atoms with Crippen LogP contribution in [0.25, 0.3) is 0 Å². The fourth-order valence-electron chi connectivity index (χ4n) is 0. The zero-order valence-corrected chi connectivity index (χ0v) is 4.57. The van der Waals surface area contributed by atoms with E-state index in [1.807, 2.05) is 0 Å². The van der Waals surface area contributed by atoms with Crippen LogP contribution in [0.5, 0.6) is 0 Å². The van der Waals surface area contributed by atoms with Gasteiger partial charge in [0, 0.05) is 0 Å². The fraction of sp³-hybridized carbons (Fsp3) is 0. The molecule has 0 spiro atoms.